The van der Waals surface area contributed by atoms with E-state index < -0.39 is 0 Å². The van der Waals surface area contributed by atoms with Gasteiger partial charge in [-0.2, -0.15) is 0 Å². The van der Waals surface area contributed by atoms with Crippen molar-refractivity contribution in [3.05, 3.63) is 34.3 Å². The Kier molecular flexibility index (Phi) is 6.35. The lowest BCUT2D eigenvalue weighted by atomic mass is 10.1. The molecule has 0 radical (unpaired) electrons. The highest BCUT2D eigenvalue weighted by Crippen LogP contribution is 2.33. The number of nitrogens with one attached hydrogen (secondary N) is 1. The van der Waals surface area contributed by atoms with Crippen LogP contribution in [-0.4, -0.2) is 19.7 Å². The molecule has 2 rings (SSSR count). The summed E-state index contributed by atoms with van der Waals surface area (Å²) in [6.45, 7) is 5.02. The van der Waals surface area contributed by atoms with Gasteiger partial charge in [-0.3, -0.25) is 0 Å². The van der Waals surface area contributed by atoms with Gasteiger partial charge in [0.15, 0.2) is 0 Å². The summed E-state index contributed by atoms with van der Waals surface area (Å²) in [5, 5.41) is 3.47. The molecule has 1 fully saturated rings. The van der Waals surface area contributed by atoms with Crippen LogP contribution >= 0.6 is 15.9 Å². The van der Waals surface area contributed by atoms with E-state index >= 15 is 0 Å². The quantitative estimate of drug-likeness (QED) is 0.683. The second-order valence-electron chi connectivity index (χ2n) is 5.35. The van der Waals surface area contributed by atoms with E-state index in [1.54, 1.807) is 0 Å². The zero-order chi connectivity index (χ0) is 13.5. The highest BCUT2D eigenvalue weighted by molar-refractivity contribution is 9.10. The van der Waals surface area contributed by atoms with Crippen LogP contribution in [-0.2, 0) is 4.74 Å². The lowest BCUT2D eigenvalue weighted by molar-refractivity contribution is 0.0487. The molecule has 1 aromatic rings. The number of rotatable bonds is 9. The summed E-state index contributed by atoms with van der Waals surface area (Å²) in [5.74, 6) is 0.937. The van der Waals surface area contributed by atoms with E-state index in [1.807, 2.05) is 0 Å². The van der Waals surface area contributed by atoms with Crippen LogP contribution in [0, 0.1) is 5.92 Å². The second kappa shape index (κ2) is 8.03. The third-order valence-corrected chi connectivity index (χ3v) is 4.01. The van der Waals surface area contributed by atoms with Crippen molar-refractivity contribution >= 4 is 15.9 Å². The summed E-state index contributed by atoms with van der Waals surface area (Å²) in [7, 11) is 0. The second-order valence-corrected chi connectivity index (χ2v) is 6.27. The summed E-state index contributed by atoms with van der Waals surface area (Å²) in [6, 6.07) is 8.45. The van der Waals surface area contributed by atoms with Crippen LogP contribution in [0.3, 0.4) is 0 Å². The number of hydrogen-bond acceptors (Lipinski definition) is 2. The molecule has 106 valence electrons. The summed E-state index contributed by atoms with van der Waals surface area (Å²) < 4.78 is 7.22. The molecule has 1 N–H and O–H groups in total. The van der Waals surface area contributed by atoms with Crippen LogP contribution in [0.2, 0.25) is 0 Å². The molecule has 2 nitrogen and oxygen atoms in total. The Bertz CT molecular complexity index is 379. The van der Waals surface area contributed by atoms with Crippen molar-refractivity contribution < 1.29 is 4.74 Å². The fourth-order valence-electron chi connectivity index (χ4n) is 2.17. The van der Waals surface area contributed by atoms with Gasteiger partial charge in [-0.25, -0.2) is 0 Å². The summed E-state index contributed by atoms with van der Waals surface area (Å²) in [5.41, 5.74) is 1.26. The zero-order valence-electron chi connectivity index (χ0n) is 11.7. The topological polar surface area (TPSA) is 21.3 Å². The highest BCUT2D eigenvalue weighted by Gasteiger charge is 2.21. The van der Waals surface area contributed by atoms with E-state index in [1.165, 1.54) is 24.8 Å². The Balaban J connectivity index is 1.87. The maximum atomic E-state index is 6.10. The fourth-order valence-corrected chi connectivity index (χ4v) is 2.59. The van der Waals surface area contributed by atoms with Gasteiger partial charge in [-0.1, -0.05) is 47.8 Å². The van der Waals surface area contributed by atoms with Crippen LogP contribution in [0.25, 0.3) is 0 Å². The van der Waals surface area contributed by atoms with Gasteiger partial charge in [0, 0.05) is 17.6 Å². The Morgan fingerprint density at radius 1 is 1.42 bits per heavy atom. The monoisotopic (exact) mass is 325 g/mol. The fraction of sp³-hybridized carbons (Fsp3) is 0.625. The zero-order valence-corrected chi connectivity index (χ0v) is 13.3. The molecule has 19 heavy (non-hydrogen) atoms. The molecule has 1 aliphatic carbocycles. The van der Waals surface area contributed by atoms with Gasteiger partial charge in [0.25, 0.3) is 0 Å². The third kappa shape index (κ3) is 5.64. The van der Waals surface area contributed by atoms with Gasteiger partial charge in [0.05, 0.1) is 6.10 Å². The van der Waals surface area contributed by atoms with Crippen LogP contribution in [0.15, 0.2) is 28.7 Å². The molecule has 0 saturated heterocycles. The van der Waals surface area contributed by atoms with Crippen molar-refractivity contribution in [2.75, 3.05) is 19.7 Å². The standard InChI is InChI=1S/C16H24BrNO/c1-2-9-18-12-16(19-10-8-13-6-7-13)14-4-3-5-15(17)11-14/h3-5,11,13,16,18H,2,6-10,12H2,1H3. The van der Waals surface area contributed by atoms with Crippen molar-refractivity contribution in [1.29, 1.82) is 0 Å². The maximum absolute atomic E-state index is 6.10. The van der Waals surface area contributed by atoms with E-state index in [9.17, 15) is 0 Å². The van der Waals surface area contributed by atoms with Gasteiger partial charge in [-0.05, 0) is 43.0 Å². The summed E-state index contributed by atoms with van der Waals surface area (Å²) >= 11 is 3.54. The Morgan fingerprint density at radius 3 is 2.95 bits per heavy atom. The van der Waals surface area contributed by atoms with Gasteiger partial charge >= 0.3 is 0 Å². The number of benzene rings is 1. The lowest BCUT2D eigenvalue weighted by Gasteiger charge is -2.19. The molecule has 1 unspecified atom stereocenters. The van der Waals surface area contributed by atoms with E-state index in [4.69, 9.17) is 4.74 Å². The SMILES string of the molecule is CCCNCC(OCCC1CC1)c1cccc(Br)c1. The first kappa shape index (κ1) is 15.0. The molecule has 0 aromatic heterocycles. The molecule has 1 aliphatic rings. The van der Waals surface area contributed by atoms with Gasteiger partial charge in [0.1, 0.15) is 0 Å². The van der Waals surface area contributed by atoms with Gasteiger partial charge in [0.2, 0.25) is 0 Å². The Hall–Kier alpha value is -0.380. The molecule has 3 heteroatoms. The minimum atomic E-state index is 0.169. The lowest BCUT2D eigenvalue weighted by Crippen LogP contribution is -2.24. The van der Waals surface area contributed by atoms with E-state index in [0.717, 1.165) is 36.5 Å². The summed E-state index contributed by atoms with van der Waals surface area (Å²) in [4.78, 5) is 0. The van der Waals surface area contributed by atoms with E-state index in [-0.39, 0.29) is 6.10 Å². The van der Waals surface area contributed by atoms with Crippen molar-refractivity contribution in [3.63, 3.8) is 0 Å². The van der Waals surface area contributed by atoms with Crippen molar-refractivity contribution in [3.8, 4) is 0 Å². The first-order valence-corrected chi connectivity index (χ1v) is 8.16. The van der Waals surface area contributed by atoms with Crippen LogP contribution in [0.5, 0.6) is 0 Å². The Morgan fingerprint density at radius 2 is 2.26 bits per heavy atom. The van der Waals surface area contributed by atoms with Crippen LogP contribution < -0.4 is 5.32 Å². The largest absolute Gasteiger partial charge is 0.372 e. The molecule has 1 aromatic carbocycles. The Labute approximate surface area is 125 Å². The van der Waals surface area contributed by atoms with Crippen LogP contribution in [0.4, 0.5) is 0 Å². The van der Waals surface area contributed by atoms with Crippen molar-refractivity contribution in [2.24, 2.45) is 5.92 Å². The van der Waals surface area contributed by atoms with Gasteiger partial charge < -0.3 is 10.1 Å². The first-order chi connectivity index (χ1) is 9.29. The van der Waals surface area contributed by atoms with E-state index in [0.29, 0.717) is 0 Å². The molecule has 1 atom stereocenters. The average molecular weight is 326 g/mol. The molecule has 0 amide bonds. The maximum Gasteiger partial charge on any atom is 0.0949 e. The van der Waals surface area contributed by atoms with Gasteiger partial charge in [-0.15, -0.1) is 0 Å². The highest BCUT2D eigenvalue weighted by atomic mass is 79.9. The predicted molar refractivity (Wildman–Crippen MR) is 83.3 cm³/mol. The molecule has 0 bridgehead atoms. The average Bonchev–Trinajstić information content (AvgIpc) is 3.21. The molecule has 0 spiro atoms. The number of halogens is 1. The summed E-state index contributed by atoms with van der Waals surface area (Å²) in [6.07, 6.45) is 5.35. The predicted octanol–water partition coefficient (Wildman–Crippen LogP) is 4.31. The molecule has 1 saturated carbocycles. The molecule has 0 aliphatic heterocycles. The van der Waals surface area contributed by atoms with Crippen molar-refractivity contribution in [2.45, 2.75) is 38.7 Å². The third-order valence-electron chi connectivity index (χ3n) is 3.52. The molecule has 0 heterocycles. The smallest absolute Gasteiger partial charge is 0.0949 e. The minimum Gasteiger partial charge on any atom is -0.372 e. The molecular formula is C16H24BrNO. The number of ether oxygens (including phenoxy) is 1. The first-order valence-electron chi connectivity index (χ1n) is 7.37. The molecular weight excluding hydrogens is 302 g/mol. The van der Waals surface area contributed by atoms with Crippen molar-refractivity contribution in [1.82, 2.24) is 5.32 Å². The van der Waals surface area contributed by atoms with E-state index in [2.05, 4.69) is 52.4 Å². The normalized spacial score (nSPS) is 16.5. The van der Waals surface area contributed by atoms with Crippen LogP contribution in [0.1, 0.15) is 44.3 Å². The minimum absolute atomic E-state index is 0.169. The number of hydrogen-bond donors (Lipinski definition) is 1.